The lowest BCUT2D eigenvalue weighted by molar-refractivity contribution is 0.0989. The predicted molar refractivity (Wildman–Crippen MR) is 54.3 cm³/mol. The van der Waals surface area contributed by atoms with Gasteiger partial charge in [-0.1, -0.05) is 6.92 Å². The highest BCUT2D eigenvalue weighted by molar-refractivity contribution is 7.24. The number of fused-ring (bicyclic) bond motifs is 1. The molecule has 2 heterocycles. The van der Waals surface area contributed by atoms with Crippen LogP contribution in [-0.2, 0) is 0 Å². The summed E-state index contributed by atoms with van der Waals surface area (Å²) in [6.45, 7) is 1.74. The maximum atomic E-state index is 13.5. The fourth-order valence-electron chi connectivity index (χ4n) is 1.14. The number of Topliss-reactive ketones (excluding diaryl/α,β-unsaturated/α-hetero) is 1. The standard InChI is InChI=1S/C9H7FOS2/c1-2-6(11)9-8(10)5-3-12-4-7(5)13-9/h3-4H,2H2,1H3. The van der Waals surface area contributed by atoms with Crippen LogP contribution < -0.4 is 0 Å². The highest BCUT2D eigenvalue weighted by Gasteiger charge is 2.17. The number of carbonyl (C=O) groups is 1. The Hall–Kier alpha value is -0.740. The molecule has 13 heavy (non-hydrogen) atoms. The van der Waals surface area contributed by atoms with Crippen molar-refractivity contribution in [1.29, 1.82) is 0 Å². The zero-order chi connectivity index (χ0) is 9.42. The highest BCUT2D eigenvalue weighted by Crippen LogP contribution is 2.33. The van der Waals surface area contributed by atoms with E-state index < -0.39 is 0 Å². The molecule has 68 valence electrons. The van der Waals surface area contributed by atoms with E-state index in [9.17, 15) is 9.18 Å². The molecule has 0 unspecified atom stereocenters. The van der Waals surface area contributed by atoms with Crippen LogP contribution in [0.4, 0.5) is 4.39 Å². The molecular weight excluding hydrogens is 207 g/mol. The van der Waals surface area contributed by atoms with Crippen molar-refractivity contribution in [3.8, 4) is 0 Å². The Balaban J connectivity index is 2.64. The van der Waals surface area contributed by atoms with Crippen LogP contribution in [0.25, 0.3) is 10.1 Å². The molecule has 0 aliphatic carbocycles. The van der Waals surface area contributed by atoms with E-state index in [1.54, 1.807) is 12.3 Å². The summed E-state index contributed by atoms with van der Waals surface area (Å²) in [5, 5.41) is 4.20. The van der Waals surface area contributed by atoms with Gasteiger partial charge in [0.2, 0.25) is 0 Å². The van der Waals surface area contributed by atoms with Crippen LogP contribution in [0.2, 0.25) is 0 Å². The quantitative estimate of drug-likeness (QED) is 0.697. The van der Waals surface area contributed by atoms with Gasteiger partial charge in [-0.25, -0.2) is 4.39 Å². The third-order valence-corrected chi connectivity index (χ3v) is 3.91. The molecule has 2 aromatic rings. The van der Waals surface area contributed by atoms with Crippen LogP contribution in [0, 0.1) is 5.82 Å². The minimum atomic E-state index is -0.340. The zero-order valence-corrected chi connectivity index (χ0v) is 8.60. The Morgan fingerprint density at radius 3 is 2.92 bits per heavy atom. The normalized spacial score (nSPS) is 10.9. The average molecular weight is 214 g/mol. The fraction of sp³-hybridized carbons (Fsp3) is 0.222. The number of thiophene rings is 2. The van der Waals surface area contributed by atoms with Gasteiger partial charge in [-0.3, -0.25) is 4.79 Å². The van der Waals surface area contributed by atoms with Gasteiger partial charge < -0.3 is 0 Å². The van der Waals surface area contributed by atoms with Crippen molar-refractivity contribution in [3.63, 3.8) is 0 Å². The van der Waals surface area contributed by atoms with E-state index in [0.29, 0.717) is 11.8 Å². The Bertz CT molecular complexity index is 455. The van der Waals surface area contributed by atoms with Gasteiger partial charge in [0.1, 0.15) is 4.88 Å². The Morgan fingerprint density at radius 2 is 2.31 bits per heavy atom. The molecule has 2 rings (SSSR count). The molecule has 1 nitrogen and oxygen atoms in total. The molecule has 0 N–H and O–H groups in total. The summed E-state index contributed by atoms with van der Waals surface area (Å²) in [4.78, 5) is 11.6. The number of carbonyl (C=O) groups excluding carboxylic acids is 1. The maximum absolute atomic E-state index is 13.5. The van der Waals surface area contributed by atoms with Crippen molar-refractivity contribution in [3.05, 3.63) is 21.5 Å². The van der Waals surface area contributed by atoms with Crippen LogP contribution in [0.5, 0.6) is 0 Å². The minimum Gasteiger partial charge on any atom is -0.293 e. The first-order valence-corrected chi connectivity index (χ1v) is 5.67. The number of ketones is 1. The monoisotopic (exact) mass is 214 g/mol. The SMILES string of the molecule is CCC(=O)c1sc2cscc2c1F. The smallest absolute Gasteiger partial charge is 0.175 e. The van der Waals surface area contributed by atoms with Crippen LogP contribution in [0.15, 0.2) is 10.8 Å². The van der Waals surface area contributed by atoms with E-state index in [0.717, 1.165) is 4.70 Å². The lowest BCUT2D eigenvalue weighted by Crippen LogP contribution is -1.94. The number of hydrogen-bond donors (Lipinski definition) is 0. The van der Waals surface area contributed by atoms with Gasteiger partial charge >= 0.3 is 0 Å². The summed E-state index contributed by atoms with van der Waals surface area (Å²) in [7, 11) is 0. The van der Waals surface area contributed by atoms with Gasteiger partial charge in [-0.2, -0.15) is 11.3 Å². The Labute approximate surface area is 82.8 Å². The zero-order valence-electron chi connectivity index (χ0n) is 6.96. The van der Waals surface area contributed by atoms with E-state index in [2.05, 4.69) is 0 Å². The highest BCUT2D eigenvalue weighted by atomic mass is 32.1. The van der Waals surface area contributed by atoms with E-state index in [1.807, 2.05) is 5.38 Å². The molecule has 0 spiro atoms. The van der Waals surface area contributed by atoms with Crippen molar-refractivity contribution in [2.24, 2.45) is 0 Å². The third-order valence-electron chi connectivity index (χ3n) is 1.85. The summed E-state index contributed by atoms with van der Waals surface area (Å²) >= 11 is 2.71. The van der Waals surface area contributed by atoms with Crippen molar-refractivity contribution < 1.29 is 9.18 Å². The molecule has 0 atom stereocenters. The van der Waals surface area contributed by atoms with Crippen LogP contribution in [0.3, 0.4) is 0 Å². The third kappa shape index (κ3) is 1.30. The number of rotatable bonds is 2. The van der Waals surface area contributed by atoms with E-state index in [-0.39, 0.29) is 16.5 Å². The van der Waals surface area contributed by atoms with Crippen LogP contribution >= 0.6 is 22.7 Å². The van der Waals surface area contributed by atoms with Crippen LogP contribution in [0.1, 0.15) is 23.0 Å². The molecule has 4 heteroatoms. The molecule has 0 saturated heterocycles. The molecule has 2 aromatic heterocycles. The van der Waals surface area contributed by atoms with E-state index in [1.165, 1.54) is 22.7 Å². The fourth-order valence-corrected chi connectivity index (χ4v) is 3.20. The lowest BCUT2D eigenvalue weighted by Gasteiger charge is -1.90. The second-order valence-electron chi connectivity index (χ2n) is 2.67. The molecule has 0 bridgehead atoms. The average Bonchev–Trinajstić information content (AvgIpc) is 2.68. The van der Waals surface area contributed by atoms with Gasteiger partial charge in [0.05, 0.1) is 0 Å². The molecule has 0 fully saturated rings. The molecule has 0 amide bonds. The Kier molecular flexibility index (Phi) is 2.17. The van der Waals surface area contributed by atoms with Crippen molar-refractivity contribution in [2.45, 2.75) is 13.3 Å². The van der Waals surface area contributed by atoms with Gasteiger partial charge in [0.15, 0.2) is 11.6 Å². The van der Waals surface area contributed by atoms with E-state index in [4.69, 9.17) is 0 Å². The number of halogens is 1. The summed E-state index contributed by atoms with van der Waals surface area (Å²) in [5.74, 6) is -0.447. The maximum Gasteiger partial charge on any atom is 0.175 e. The largest absolute Gasteiger partial charge is 0.293 e. The van der Waals surface area contributed by atoms with Crippen molar-refractivity contribution >= 4 is 38.5 Å². The predicted octanol–water partition coefficient (Wildman–Crippen LogP) is 3.69. The number of hydrogen-bond acceptors (Lipinski definition) is 3. The van der Waals surface area contributed by atoms with Gasteiger partial charge in [-0.15, -0.1) is 11.3 Å². The molecule has 0 aromatic carbocycles. The van der Waals surface area contributed by atoms with Gasteiger partial charge in [0.25, 0.3) is 0 Å². The molecular formula is C9H7FOS2. The van der Waals surface area contributed by atoms with Crippen molar-refractivity contribution in [1.82, 2.24) is 0 Å². The lowest BCUT2D eigenvalue weighted by atomic mass is 10.2. The summed E-state index contributed by atoms with van der Waals surface area (Å²) in [5.41, 5.74) is 0. The molecule has 0 aliphatic heterocycles. The summed E-state index contributed by atoms with van der Waals surface area (Å²) in [6.07, 6.45) is 0.365. The summed E-state index contributed by atoms with van der Waals surface area (Å²) in [6, 6.07) is 0. The molecule has 0 aliphatic rings. The first-order valence-electron chi connectivity index (χ1n) is 3.91. The first kappa shape index (κ1) is 8.84. The molecule has 0 radical (unpaired) electrons. The van der Waals surface area contributed by atoms with Gasteiger partial charge in [0, 0.05) is 27.3 Å². The second kappa shape index (κ2) is 3.20. The second-order valence-corrected chi connectivity index (χ2v) is 4.47. The molecule has 0 saturated carbocycles. The van der Waals surface area contributed by atoms with Gasteiger partial charge in [-0.05, 0) is 0 Å². The minimum absolute atomic E-state index is 0.108. The topological polar surface area (TPSA) is 17.1 Å². The summed E-state index contributed by atoms with van der Waals surface area (Å²) < 4.78 is 14.4. The Morgan fingerprint density at radius 1 is 1.54 bits per heavy atom. The van der Waals surface area contributed by atoms with Crippen LogP contribution in [-0.4, -0.2) is 5.78 Å². The first-order chi connectivity index (χ1) is 6.24. The van der Waals surface area contributed by atoms with E-state index >= 15 is 0 Å². The van der Waals surface area contributed by atoms with Crippen molar-refractivity contribution in [2.75, 3.05) is 0 Å².